The van der Waals surface area contributed by atoms with E-state index in [0.717, 1.165) is 15.7 Å². The van der Waals surface area contributed by atoms with E-state index in [4.69, 9.17) is 11.6 Å². The molecule has 1 fully saturated rings. The summed E-state index contributed by atoms with van der Waals surface area (Å²) in [7, 11) is 0. The molecule has 0 aromatic heterocycles. The number of hydrogen-bond acceptors (Lipinski definition) is 2. The van der Waals surface area contributed by atoms with Crippen molar-refractivity contribution in [2.24, 2.45) is 0 Å². The predicted molar refractivity (Wildman–Crippen MR) is 100 cm³/mol. The molecule has 23 heavy (non-hydrogen) atoms. The van der Waals surface area contributed by atoms with Crippen molar-refractivity contribution < 1.29 is 9.59 Å². The first-order chi connectivity index (χ1) is 11.1. The van der Waals surface area contributed by atoms with Crippen molar-refractivity contribution in [2.45, 2.75) is 12.8 Å². The van der Waals surface area contributed by atoms with Crippen LogP contribution in [0.2, 0.25) is 5.02 Å². The second-order valence-electron chi connectivity index (χ2n) is 5.25. The Morgan fingerprint density at radius 1 is 1.22 bits per heavy atom. The van der Waals surface area contributed by atoms with E-state index in [1.807, 2.05) is 24.3 Å². The summed E-state index contributed by atoms with van der Waals surface area (Å²) in [5, 5.41) is 3.36. The number of halogens is 2. The van der Waals surface area contributed by atoms with Crippen LogP contribution in [0.3, 0.4) is 0 Å². The Hall–Kier alpha value is -1.60. The van der Waals surface area contributed by atoms with Gasteiger partial charge in [0.15, 0.2) is 0 Å². The van der Waals surface area contributed by atoms with Crippen LogP contribution in [0.4, 0.5) is 11.4 Å². The first-order valence-corrected chi connectivity index (χ1v) is 8.68. The van der Waals surface area contributed by atoms with Gasteiger partial charge in [-0.1, -0.05) is 23.7 Å². The number of amides is 2. The van der Waals surface area contributed by atoms with Crippen LogP contribution in [-0.2, 0) is 4.79 Å². The second kappa shape index (κ2) is 6.88. The average Bonchev–Trinajstić information content (AvgIpc) is 2.96. The fourth-order valence-corrected chi connectivity index (χ4v) is 3.26. The van der Waals surface area contributed by atoms with Crippen LogP contribution in [0, 0.1) is 3.57 Å². The van der Waals surface area contributed by atoms with E-state index < -0.39 is 0 Å². The number of anilines is 2. The maximum absolute atomic E-state index is 12.5. The van der Waals surface area contributed by atoms with E-state index in [0.29, 0.717) is 29.2 Å². The molecular weight excluding hydrogens is 427 g/mol. The van der Waals surface area contributed by atoms with Crippen molar-refractivity contribution in [1.29, 1.82) is 0 Å². The average molecular weight is 441 g/mol. The van der Waals surface area contributed by atoms with Crippen LogP contribution in [0.25, 0.3) is 0 Å². The summed E-state index contributed by atoms with van der Waals surface area (Å²) in [6.45, 7) is 0.639. The molecule has 1 aliphatic heterocycles. The lowest BCUT2D eigenvalue weighted by Crippen LogP contribution is -2.24. The highest BCUT2D eigenvalue weighted by molar-refractivity contribution is 14.1. The van der Waals surface area contributed by atoms with Crippen molar-refractivity contribution in [2.75, 3.05) is 16.8 Å². The molecule has 3 rings (SSSR count). The van der Waals surface area contributed by atoms with Gasteiger partial charge in [0, 0.05) is 22.1 Å². The van der Waals surface area contributed by atoms with E-state index in [1.165, 1.54) is 0 Å². The van der Waals surface area contributed by atoms with Crippen LogP contribution in [0.1, 0.15) is 23.2 Å². The third-order valence-corrected chi connectivity index (χ3v) is 4.95. The zero-order valence-electron chi connectivity index (χ0n) is 12.2. The maximum Gasteiger partial charge on any atom is 0.255 e. The van der Waals surface area contributed by atoms with E-state index in [-0.39, 0.29) is 11.8 Å². The van der Waals surface area contributed by atoms with Gasteiger partial charge in [-0.2, -0.15) is 0 Å². The number of nitrogens with zero attached hydrogens (tertiary/aromatic N) is 1. The topological polar surface area (TPSA) is 49.4 Å². The van der Waals surface area contributed by atoms with Crippen molar-refractivity contribution in [1.82, 2.24) is 0 Å². The third kappa shape index (κ3) is 3.50. The molecule has 6 heteroatoms. The molecule has 118 valence electrons. The first kappa shape index (κ1) is 16.3. The predicted octanol–water partition coefficient (Wildman–Crippen LogP) is 4.32. The number of carbonyl (C=O) groups excluding carboxylic acids is 2. The Balaban J connectivity index is 1.87. The molecule has 2 amide bonds. The standard InChI is InChI=1S/C17H14ClIN2O2/c18-12-8-7-11(10-15(12)21-9-3-6-16(21)22)17(23)20-14-5-2-1-4-13(14)19/h1-2,4-5,7-8,10H,3,6,9H2,(H,20,23). The lowest BCUT2D eigenvalue weighted by atomic mass is 10.1. The highest BCUT2D eigenvalue weighted by Crippen LogP contribution is 2.30. The zero-order chi connectivity index (χ0) is 16.4. The van der Waals surface area contributed by atoms with Gasteiger partial charge < -0.3 is 10.2 Å². The summed E-state index contributed by atoms with van der Waals surface area (Å²) in [5.74, 6) is -0.180. The summed E-state index contributed by atoms with van der Waals surface area (Å²) in [5.41, 5.74) is 1.83. The molecule has 1 aliphatic rings. The Kier molecular flexibility index (Phi) is 4.87. The Labute approximate surface area is 153 Å². The number of benzene rings is 2. The van der Waals surface area contributed by atoms with Crippen LogP contribution in [-0.4, -0.2) is 18.4 Å². The molecule has 0 saturated carbocycles. The molecule has 0 atom stereocenters. The number of para-hydroxylation sites is 1. The molecule has 0 aliphatic carbocycles. The van der Waals surface area contributed by atoms with Gasteiger partial charge in [-0.15, -0.1) is 0 Å². The number of nitrogens with one attached hydrogen (secondary N) is 1. The van der Waals surface area contributed by atoms with E-state index >= 15 is 0 Å². The van der Waals surface area contributed by atoms with Crippen LogP contribution in [0.5, 0.6) is 0 Å². The molecule has 0 spiro atoms. The molecule has 1 saturated heterocycles. The van der Waals surface area contributed by atoms with Gasteiger partial charge in [-0.3, -0.25) is 9.59 Å². The number of rotatable bonds is 3. The summed E-state index contributed by atoms with van der Waals surface area (Å²) < 4.78 is 0.961. The quantitative estimate of drug-likeness (QED) is 0.723. The SMILES string of the molecule is O=C(Nc1ccccc1I)c1ccc(Cl)c(N2CCCC2=O)c1. The maximum atomic E-state index is 12.5. The van der Waals surface area contributed by atoms with Crippen molar-refractivity contribution in [3.8, 4) is 0 Å². The van der Waals surface area contributed by atoms with Gasteiger partial charge >= 0.3 is 0 Å². The fourth-order valence-electron chi connectivity index (χ4n) is 2.52. The summed E-state index contributed by atoms with van der Waals surface area (Å²) in [4.78, 5) is 26.0. The monoisotopic (exact) mass is 440 g/mol. The number of carbonyl (C=O) groups is 2. The van der Waals surface area contributed by atoms with Crippen molar-refractivity contribution in [3.05, 3.63) is 56.6 Å². The minimum Gasteiger partial charge on any atom is -0.321 e. The molecule has 0 unspecified atom stereocenters. The third-order valence-electron chi connectivity index (χ3n) is 3.69. The van der Waals surface area contributed by atoms with Gasteiger partial charge in [0.2, 0.25) is 5.91 Å². The van der Waals surface area contributed by atoms with Gasteiger partial charge in [-0.05, 0) is 59.3 Å². The highest BCUT2D eigenvalue weighted by Gasteiger charge is 2.24. The number of hydrogen-bond donors (Lipinski definition) is 1. The van der Waals surface area contributed by atoms with E-state index in [2.05, 4.69) is 27.9 Å². The smallest absolute Gasteiger partial charge is 0.255 e. The largest absolute Gasteiger partial charge is 0.321 e. The minimum absolute atomic E-state index is 0.0436. The summed E-state index contributed by atoms with van der Waals surface area (Å²) in [6, 6.07) is 12.6. The van der Waals surface area contributed by atoms with Crippen molar-refractivity contribution in [3.63, 3.8) is 0 Å². The fraction of sp³-hybridized carbons (Fsp3) is 0.176. The molecule has 2 aromatic rings. The van der Waals surface area contributed by atoms with Gasteiger partial charge in [0.1, 0.15) is 0 Å². The van der Waals surface area contributed by atoms with Crippen LogP contribution < -0.4 is 10.2 Å². The Bertz CT molecular complexity index is 779. The summed E-state index contributed by atoms with van der Waals surface area (Å²) >= 11 is 8.37. The lowest BCUT2D eigenvalue weighted by molar-refractivity contribution is -0.117. The lowest BCUT2D eigenvalue weighted by Gasteiger charge is -2.18. The molecule has 2 aromatic carbocycles. The summed E-state index contributed by atoms with van der Waals surface area (Å²) in [6.07, 6.45) is 1.34. The highest BCUT2D eigenvalue weighted by atomic mass is 127. The first-order valence-electron chi connectivity index (χ1n) is 7.22. The molecular formula is C17H14ClIN2O2. The van der Waals surface area contributed by atoms with E-state index in [1.54, 1.807) is 23.1 Å². The molecule has 1 heterocycles. The van der Waals surface area contributed by atoms with Crippen LogP contribution >= 0.6 is 34.2 Å². The normalized spacial score (nSPS) is 14.2. The molecule has 1 N–H and O–H groups in total. The van der Waals surface area contributed by atoms with Gasteiger partial charge in [-0.25, -0.2) is 0 Å². The van der Waals surface area contributed by atoms with E-state index in [9.17, 15) is 9.59 Å². The molecule has 0 radical (unpaired) electrons. The van der Waals surface area contributed by atoms with Crippen molar-refractivity contribution >= 4 is 57.4 Å². The second-order valence-corrected chi connectivity index (χ2v) is 6.82. The molecule has 4 nitrogen and oxygen atoms in total. The Morgan fingerprint density at radius 3 is 2.70 bits per heavy atom. The molecule has 0 bridgehead atoms. The Morgan fingerprint density at radius 2 is 2.00 bits per heavy atom. The van der Waals surface area contributed by atoms with Gasteiger partial charge in [0.25, 0.3) is 5.91 Å². The van der Waals surface area contributed by atoms with Gasteiger partial charge in [0.05, 0.1) is 16.4 Å². The van der Waals surface area contributed by atoms with Crippen LogP contribution in [0.15, 0.2) is 42.5 Å². The zero-order valence-corrected chi connectivity index (χ0v) is 15.1. The minimum atomic E-state index is -0.223.